The number of piperazine rings is 1. The van der Waals surface area contributed by atoms with Crippen LogP contribution in [0.2, 0.25) is 0 Å². The van der Waals surface area contributed by atoms with Gasteiger partial charge >= 0.3 is 6.09 Å². The summed E-state index contributed by atoms with van der Waals surface area (Å²) in [6, 6.07) is 7.97. The molecule has 0 spiro atoms. The molecule has 8 heteroatoms. The van der Waals surface area contributed by atoms with Crippen molar-refractivity contribution < 1.29 is 14.3 Å². The van der Waals surface area contributed by atoms with E-state index in [0.29, 0.717) is 32.8 Å². The van der Waals surface area contributed by atoms with Crippen molar-refractivity contribution >= 4 is 36.0 Å². The van der Waals surface area contributed by atoms with Crippen molar-refractivity contribution in [3.8, 4) is 5.75 Å². The third-order valence-electron chi connectivity index (χ3n) is 4.05. The van der Waals surface area contributed by atoms with E-state index in [9.17, 15) is 4.79 Å². The number of carbonyl (C=O) groups excluding carboxylic acids is 1. The quantitative estimate of drug-likeness (QED) is 0.306. The van der Waals surface area contributed by atoms with Crippen molar-refractivity contribution in [2.75, 3.05) is 53.0 Å². The van der Waals surface area contributed by atoms with E-state index in [1.165, 1.54) is 0 Å². The molecule has 1 aliphatic rings. The Labute approximate surface area is 172 Å². The van der Waals surface area contributed by atoms with Gasteiger partial charge in [0.15, 0.2) is 5.96 Å². The van der Waals surface area contributed by atoms with Gasteiger partial charge in [0.25, 0.3) is 0 Å². The molecule has 1 heterocycles. The van der Waals surface area contributed by atoms with Crippen molar-refractivity contribution in [1.29, 1.82) is 0 Å². The molecule has 26 heavy (non-hydrogen) atoms. The number of amides is 1. The van der Waals surface area contributed by atoms with Crippen molar-refractivity contribution in [3.63, 3.8) is 0 Å². The predicted molar refractivity (Wildman–Crippen MR) is 114 cm³/mol. The van der Waals surface area contributed by atoms with Gasteiger partial charge in [0.2, 0.25) is 0 Å². The molecule has 1 aromatic carbocycles. The summed E-state index contributed by atoms with van der Waals surface area (Å²) in [4.78, 5) is 19.9. The van der Waals surface area contributed by atoms with Gasteiger partial charge < -0.3 is 24.6 Å². The molecule has 1 N–H and O–H groups in total. The molecule has 1 fully saturated rings. The monoisotopic (exact) mass is 476 g/mol. The second-order valence-corrected chi connectivity index (χ2v) is 5.76. The van der Waals surface area contributed by atoms with Crippen LogP contribution in [-0.2, 0) is 4.74 Å². The summed E-state index contributed by atoms with van der Waals surface area (Å²) in [5.41, 5.74) is 1.13. The molecule has 0 saturated carbocycles. The maximum atomic E-state index is 11.7. The molecule has 2 rings (SSSR count). The molecule has 1 aliphatic heterocycles. The zero-order valence-electron chi connectivity index (χ0n) is 15.7. The normalized spacial score (nSPS) is 14.5. The number of para-hydroxylation sites is 1. The number of guanidine groups is 1. The Morgan fingerprint density at radius 1 is 1.19 bits per heavy atom. The maximum absolute atomic E-state index is 11.7. The molecule has 0 atom stereocenters. The lowest BCUT2D eigenvalue weighted by Gasteiger charge is -2.35. The van der Waals surface area contributed by atoms with Crippen LogP contribution >= 0.6 is 24.0 Å². The van der Waals surface area contributed by atoms with Gasteiger partial charge in [-0.3, -0.25) is 4.99 Å². The van der Waals surface area contributed by atoms with Crippen LogP contribution in [0.4, 0.5) is 4.79 Å². The number of hydrogen-bond donors (Lipinski definition) is 1. The van der Waals surface area contributed by atoms with E-state index < -0.39 is 0 Å². The highest BCUT2D eigenvalue weighted by molar-refractivity contribution is 14.0. The molecule has 7 nitrogen and oxygen atoms in total. The van der Waals surface area contributed by atoms with E-state index in [2.05, 4.69) is 15.2 Å². The molecule has 0 unspecified atom stereocenters. The van der Waals surface area contributed by atoms with Gasteiger partial charge in [-0.1, -0.05) is 18.2 Å². The summed E-state index contributed by atoms with van der Waals surface area (Å²) >= 11 is 0. The molecule has 0 aliphatic carbocycles. The van der Waals surface area contributed by atoms with Gasteiger partial charge in [0.05, 0.1) is 13.2 Å². The highest BCUT2D eigenvalue weighted by Gasteiger charge is 2.23. The van der Waals surface area contributed by atoms with Gasteiger partial charge in [0.1, 0.15) is 12.4 Å². The number of aliphatic imine (C=N–C) groups is 1. The summed E-state index contributed by atoms with van der Waals surface area (Å²) in [6.45, 7) is 8.23. The molecule has 0 bridgehead atoms. The number of benzene rings is 1. The van der Waals surface area contributed by atoms with E-state index in [-0.39, 0.29) is 30.1 Å². The minimum Gasteiger partial charge on any atom is -0.491 e. The Morgan fingerprint density at radius 2 is 1.85 bits per heavy atom. The Bertz CT molecular complexity index is 590. The second-order valence-electron chi connectivity index (χ2n) is 5.76. The standard InChI is InChI=1S/C18H28N4O3.HI/c1-4-24-18(23)22-12-10-21(11-13-22)17(19-3)20-9-14-25-16-8-6-5-7-15(16)2;/h5-8H,4,9-14H2,1-3H3,(H,19,20);1H. The molecule has 0 radical (unpaired) electrons. The first kappa shape index (κ1) is 22.3. The predicted octanol–water partition coefficient (Wildman–Crippen LogP) is 2.34. The van der Waals surface area contributed by atoms with Crippen LogP contribution in [0.1, 0.15) is 12.5 Å². The number of nitrogens with one attached hydrogen (secondary N) is 1. The lowest BCUT2D eigenvalue weighted by molar-refractivity contribution is 0.0914. The third-order valence-corrected chi connectivity index (χ3v) is 4.05. The number of rotatable bonds is 5. The molecular formula is C18H29IN4O3. The van der Waals surface area contributed by atoms with Gasteiger partial charge in [-0.15, -0.1) is 24.0 Å². The zero-order chi connectivity index (χ0) is 18.1. The first-order chi connectivity index (χ1) is 12.2. The number of hydrogen-bond acceptors (Lipinski definition) is 4. The van der Waals surface area contributed by atoms with Crippen LogP contribution in [0.15, 0.2) is 29.3 Å². The minimum absolute atomic E-state index is 0. The van der Waals surface area contributed by atoms with Crippen LogP contribution in [0.25, 0.3) is 0 Å². The topological polar surface area (TPSA) is 66.4 Å². The number of ether oxygens (including phenoxy) is 2. The molecule has 1 saturated heterocycles. The van der Waals surface area contributed by atoms with Gasteiger partial charge in [0, 0.05) is 33.2 Å². The summed E-state index contributed by atoms with van der Waals surface area (Å²) in [7, 11) is 1.77. The average molecular weight is 476 g/mol. The highest BCUT2D eigenvalue weighted by Crippen LogP contribution is 2.15. The Balaban J connectivity index is 0.00000338. The summed E-state index contributed by atoms with van der Waals surface area (Å²) in [6.07, 6.45) is -0.239. The molecule has 1 aromatic rings. The molecular weight excluding hydrogens is 447 g/mol. The van der Waals surface area contributed by atoms with Crippen molar-refractivity contribution in [3.05, 3.63) is 29.8 Å². The average Bonchev–Trinajstić information content (AvgIpc) is 2.63. The van der Waals surface area contributed by atoms with Crippen molar-refractivity contribution in [1.82, 2.24) is 15.1 Å². The van der Waals surface area contributed by atoms with Gasteiger partial charge in [-0.25, -0.2) is 4.79 Å². The van der Waals surface area contributed by atoms with Crippen molar-refractivity contribution in [2.24, 2.45) is 4.99 Å². The van der Waals surface area contributed by atoms with Crippen LogP contribution in [0.5, 0.6) is 5.75 Å². The SMILES string of the molecule is CCOC(=O)N1CCN(C(=NC)NCCOc2ccccc2C)CC1.I. The fraction of sp³-hybridized carbons (Fsp3) is 0.556. The van der Waals surface area contributed by atoms with E-state index >= 15 is 0 Å². The third kappa shape index (κ3) is 6.54. The van der Waals surface area contributed by atoms with Crippen LogP contribution < -0.4 is 10.1 Å². The van der Waals surface area contributed by atoms with Crippen LogP contribution in [-0.4, -0.2) is 74.8 Å². The number of carbonyl (C=O) groups is 1. The Morgan fingerprint density at radius 3 is 2.46 bits per heavy atom. The summed E-state index contributed by atoms with van der Waals surface area (Å²) < 4.78 is 10.8. The van der Waals surface area contributed by atoms with E-state index in [4.69, 9.17) is 9.47 Å². The van der Waals surface area contributed by atoms with Crippen LogP contribution in [0, 0.1) is 6.92 Å². The highest BCUT2D eigenvalue weighted by atomic mass is 127. The fourth-order valence-corrected chi connectivity index (χ4v) is 2.69. The van der Waals surface area contributed by atoms with E-state index in [1.54, 1.807) is 11.9 Å². The van der Waals surface area contributed by atoms with E-state index in [0.717, 1.165) is 30.4 Å². The first-order valence-electron chi connectivity index (χ1n) is 8.71. The molecule has 1 amide bonds. The Hall–Kier alpha value is -1.71. The molecule has 146 valence electrons. The van der Waals surface area contributed by atoms with Crippen molar-refractivity contribution in [2.45, 2.75) is 13.8 Å². The summed E-state index contributed by atoms with van der Waals surface area (Å²) in [5, 5.41) is 3.31. The second kappa shape index (κ2) is 11.8. The summed E-state index contributed by atoms with van der Waals surface area (Å²) in [5.74, 6) is 1.74. The van der Waals surface area contributed by atoms with Gasteiger partial charge in [-0.05, 0) is 25.5 Å². The minimum atomic E-state index is -0.239. The van der Waals surface area contributed by atoms with Crippen LogP contribution in [0.3, 0.4) is 0 Å². The Kier molecular flexibility index (Phi) is 10.2. The lowest BCUT2D eigenvalue weighted by Crippen LogP contribution is -2.54. The largest absolute Gasteiger partial charge is 0.491 e. The zero-order valence-corrected chi connectivity index (χ0v) is 18.1. The fourth-order valence-electron chi connectivity index (χ4n) is 2.69. The van der Waals surface area contributed by atoms with Gasteiger partial charge in [-0.2, -0.15) is 0 Å². The number of halogens is 1. The number of nitrogens with zero attached hydrogens (tertiary/aromatic N) is 3. The molecule has 0 aromatic heterocycles. The maximum Gasteiger partial charge on any atom is 0.409 e. The smallest absolute Gasteiger partial charge is 0.409 e. The number of aryl methyl sites for hydroxylation is 1. The first-order valence-corrected chi connectivity index (χ1v) is 8.71. The lowest BCUT2D eigenvalue weighted by atomic mass is 10.2. The van der Waals surface area contributed by atoms with E-state index in [1.807, 2.05) is 38.1 Å².